The maximum Gasteiger partial charge on any atom is 0.322 e. The molecular weight excluding hydrogens is 280 g/mol. The van der Waals surface area contributed by atoms with Crippen molar-refractivity contribution in [3.05, 3.63) is 29.4 Å². The highest BCUT2D eigenvalue weighted by Gasteiger charge is 2.10. The predicted molar refractivity (Wildman–Crippen MR) is 76.1 cm³/mol. The summed E-state index contributed by atoms with van der Waals surface area (Å²) in [4.78, 5) is 12.1. The monoisotopic (exact) mass is 296 g/mol. The molecule has 2 heterocycles. The molecule has 7 heteroatoms. The van der Waals surface area contributed by atoms with Crippen LogP contribution >= 0.6 is 11.6 Å². The molecule has 0 saturated carbocycles. The molecule has 0 saturated heterocycles. The third kappa shape index (κ3) is 4.38. The molecule has 6 nitrogen and oxygen atoms in total. The van der Waals surface area contributed by atoms with E-state index < -0.39 is 0 Å². The Hall–Kier alpha value is -1.82. The van der Waals surface area contributed by atoms with Gasteiger partial charge >= 0.3 is 6.01 Å². The SMILES string of the molecule is CCCOc1nc(Cl)nc(NC(C)Cc2ccco2)n1. The first-order chi connectivity index (χ1) is 9.67. The van der Waals surface area contributed by atoms with Crippen LogP contribution in [0, 0.1) is 0 Å². The van der Waals surface area contributed by atoms with E-state index in [-0.39, 0.29) is 17.3 Å². The third-order valence-corrected chi connectivity index (χ3v) is 2.65. The molecule has 108 valence electrons. The lowest BCUT2D eigenvalue weighted by Gasteiger charge is -2.13. The van der Waals surface area contributed by atoms with Crippen LogP contribution in [0.25, 0.3) is 0 Å². The second-order valence-corrected chi connectivity index (χ2v) is 4.73. The molecule has 2 aromatic heterocycles. The molecule has 0 bridgehead atoms. The van der Waals surface area contributed by atoms with Gasteiger partial charge < -0.3 is 14.5 Å². The molecule has 0 aromatic carbocycles. The Labute approximate surface area is 122 Å². The number of hydrogen-bond donors (Lipinski definition) is 1. The number of nitrogens with one attached hydrogen (secondary N) is 1. The van der Waals surface area contributed by atoms with Crippen LogP contribution in [0.5, 0.6) is 6.01 Å². The molecule has 0 fully saturated rings. The minimum Gasteiger partial charge on any atom is -0.469 e. The minimum absolute atomic E-state index is 0.0960. The van der Waals surface area contributed by atoms with Gasteiger partial charge in [0.2, 0.25) is 11.2 Å². The molecule has 2 aromatic rings. The maximum absolute atomic E-state index is 5.85. The van der Waals surface area contributed by atoms with E-state index in [2.05, 4.69) is 20.3 Å². The fraction of sp³-hybridized carbons (Fsp3) is 0.462. The second-order valence-electron chi connectivity index (χ2n) is 4.39. The first kappa shape index (κ1) is 14.6. The van der Waals surface area contributed by atoms with E-state index in [1.807, 2.05) is 26.0 Å². The summed E-state index contributed by atoms with van der Waals surface area (Å²) in [5.41, 5.74) is 0. The van der Waals surface area contributed by atoms with Crippen LogP contribution in [0.1, 0.15) is 26.0 Å². The van der Waals surface area contributed by atoms with Crippen LogP contribution in [-0.2, 0) is 6.42 Å². The fourth-order valence-electron chi connectivity index (χ4n) is 1.66. The van der Waals surface area contributed by atoms with Crippen LogP contribution < -0.4 is 10.1 Å². The predicted octanol–water partition coefficient (Wildman–Crippen LogP) is 2.95. The second kappa shape index (κ2) is 7.09. The van der Waals surface area contributed by atoms with Crippen molar-refractivity contribution in [1.29, 1.82) is 0 Å². The number of rotatable bonds is 7. The highest BCUT2D eigenvalue weighted by molar-refractivity contribution is 6.28. The number of ether oxygens (including phenoxy) is 1. The van der Waals surface area contributed by atoms with E-state index in [9.17, 15) is 0 Å². The molecular formula is C13H17ClN4O2. The van der Waals surface area contributed by atoms with Gasteiger partial charge in [-0.25, -0.2) is 0 Å². The summed E-state index contributed by atoms with van der Waals surface area (Å²) in [6, 6.07) is 4.12. The average Bonchev–Trinajstić information content (AvgIpc) is 2.88. The van der Waals surface area contributed by atoms with Crippen molar-refractivity contribution >= 4 is 17.5 Å². The molecule has 0 amide bonds. The molecule has 1 N–H and O–H groups in total. The van der Waals surface area contributed by atoms with Gasteiger partial charge in [0.05, 0.1) is 12.9 Å². The quantitative estimate of drug-likeness (QED) is 0.847. The topological polar surface area (TPSA) is 73.1 Å². The molecule has 20 heavy (non-hydrogen) atoms. The largest absolute Gasteiger partial charge is 0.469 e. The van der Waals surface area contributed by atoms with Gasteiger partial charge in [-0.3, -0.25) is 0 Å². The lowest BCUT2D eigenvalue weighted by molar-refractivity contribution is 0.291. The zero-order valence-corrected chi connectivity index (χ0v) is 12.2. The maximum atomic E-state index is 5.85. The van der Waals surface area contributed by atoms with Crippen molar-refractivity contribution in [1.82, 2.24) is 15.0 Å². The highest BCUT2D eigenvalue weighted by Crippen LogP contribution is 2.13. The summed E-state index contributed by atoms with van der Waals surface area (Å²) < 4.78 is 10.7. The molecule has 0 aliphatic carbocycles. The van der Waals surface area contributed by atoms with Gasteiger partial charge in [0.15, 0.2) is 0 Å². The van der Waals surface area contributed by atoms with Crippen LogP contribution in [0.2, 0.25) is 5.28 Å². The zero-order chi connectivity index (χ0) is 14.4. The molecule has 0 aliphatic rings. The molecule has 2 rings (SSSR count). The number of furan rings is 1. The number of hydrogen-bond acceptors (Lipinski definition) is 6. The molecule has 0 spiro atoms. The van der Waals surface area contributed by atoms with Crippen molar-refractivity contribution in [2.75, 3.05) is 11.9 Å². The highest BCUT2D eigenvalue weighted by atomic mass is 35.5. The first-order valence-corrected chi connectivity index (χ1v) is 6.88. The summed E-state index contributed by atoms with van der Waals surface area (Å²) >= 11 is 5.85. The van der Waals surface area contributed by atoms with Gasteiger partial charge in [0, 0.05) is 12.5 Å². The normalized spacial score (nSPS) is 12.2. The summed E-state index contributed by atoms with van der Waals surface area (Å²) in [6.07, 6.45) is 3.25. The first-order valence-electron chi connectivity index (χ1n) is 6.50. The van der Waals surface area contributed by atoms with Gasteiger partial charge in [0.25, 0.3) is 0 Å². The summed E-state index contributed by atoms with van der Waals surface area (Å²) in [5.74, 6) is 1.29. The Balaban J connectivity index is 1.98. The summed E-state index contributed by atoms with van der Waals surface area (Å²) in [6.45, 7) is 4.56. The van der Waals surface area contributed by atoms with E-state index in [0.717, 1.165) is 18.6 Å². The van der Waals surface area contributed by atoms with Crippen molar-refractivity contribution in [3.63, 3.8) is 0 Å². The van der Waals surface area contributed by atoms with E-state index in [0.29, 0.717) is 12.6 Å². The van der Waals surface area contributed by atoms with Crippen molar-refractivity contribution in [2.45, 2.75) is 32.7 Å². The van der Waals surface area contributed by atoms with Crippen molar-refractivity contribution in [3.8, 4) is 6.01 Å². The van der Waals surface area contributed by atoms with Gasteiger partial charge in [-0.1, -0.05) is 6.92 Å². The molecule has 1 atom stereocenters. The van der Waals surface area contributed by atoms with Gasteiger partial charge in [-0.15, -0.1) is 0 Å². The minimum atomic E-state index is 0.0960. The van der Waals surface area contributed by atoms with E-state index in [1.165, 1.54) is 0 Å². The van der Waals surface area contributed by atoms with Gasteiger partial charge in [0.1, 0.15) is 5.76 Å². The Kier molecular flexibility index (Phi) is 5.17. The fourth-order valence-corrected chi connectivity index (χ4v) is 1.81. The van der Waals surface area contributed by atoms with Crippen LogP contribution in [-0.4, -0.2) is 27.6 Å². The zero-order valence-electron chi connectivity index (χ0n) is 11.5. The lowest BCUT2D eigenvalue weighted by atomic mass is 10.2. The average molecular weight is 297 g/mol. The van der Waals surface area contributed by atoms with Crippen molar-refractivity contribution in [2.24, 2.45) is 0 Å². The van der Waals surface area contributed by atoms with E-state index in [1.54, 1.807) is 6.26 Å². The number of aromatic nitrogens is 3. The summed E-state index contributed by atoms with van der Waals surface area (Å²) in [5, 5.41) is 3.26. The Morgan fingerprint density at radius 1 is 1.40 bits per heavy atom. The van der Waals surface area contributed by atoms with Gasteiger partial charge in [-0.2, -0.15) is 15.0 Å². The number of halogens is 1. The smallest absolute Gasteiger partial charge is 0.322 e. The van der Waals surface area contributed by atoms with Crippen molar-refractivity contribution < 1.29 is 9.15 Å². The summed E-state index contributed by atoms with van der Waals surface area (Å²) in [7, 11) is 0. The number of nitrogens with zero attached hydrogens (tertiary/aromatic N) is 3. The Bertz CT molecular complexity index is 533. The van der Waals surface area contributed by atoms with E-state index in [4.69, 9.17) is 20.8 Å². The Morgan fingerprint density at radius 3 is 2.95 bits per heavy atom. The van der Waals surface area contributed by atoms with Crippen LogP contribution in [0.15, 0.2) is 22.8 Å². The standard InChI is InChI=1S/C13H17ClN4O2/c1-3-6-20-13-17-11(14)16-12(18-13)15-9(2)8-10-5-4-7-19-10/h4-5,7,9H,3,6,8H2,1-2H3,(H,15,16,17,18). The lowest BCUT2D eigenvalue weighted by Crippen LogP contribution is -2.20. The van der Waals surface area contributed by atoms with Gasteiger partial charge in [-0.05, 0) is 37.1 Å². The number of anilines is 1. The Morgan fingerprint density at radius 2 is 2.25 bits per heavy atom. The van der Waals surface area contributed by atoms with Crippen LogP contribution in [0.3, 0.4) is 0 Å². The molecule has 1 unspecified atom stereocenters. The van der Waals surface area contributed by atoms with Crippen LogP contribution in [0.4, 0.5) is 5.95 Å². The molecule has 0 radical (unpaired) electrons. The molecule has 0 aliphatic heterocycles. The third-order valence-electron chi connectivity index (χ3n) is 2.49. The van der Waals surface area contributed by atoms with E-state index >= 15 is 0 Å².